The third kappa shape index (κ3) is 3.59. The Morgan fingerprint density at radius 3 is 2.65 bits per heavy atom. The fraction of sp³-hybridized carbons (Fsp3) is 0.818. The molecule has 1 rings (SSSR count). The van der Waals surface area contributed by atoms with Crippen molar-refractivity contribution in [2.75, 3.05) is 20.1 Å². The third-order valence-electron chi connectivity index (χ3n) is 3.24. The Morgan fingerprint density at radius 2 is 2.18 bits per heavy atom. The summed E-state index contributed by atoms with van der Waals surface area (Å²) in [6.07, 6.45) is 2.50. The van der Waals surface area contributed by atoms with Crippen molar-refractivity contribution in [1.82, 2.24) is 10.2 Å². The summed E-state index contributed by atoms with van der Waals surface area (Å²) in [5.74, 6) is -0.303. The van der Waals surface area contributed by atoms with Crippen LogP contribution in [0.1, 0.15) is 26.7 Å². The number of hydrogen-bond acceptors (Lipinski definition) is 4. The van der Waals surface area contributed by atoms with Gasteiger partial charge in [-0.2, -0.15) is 0 Å². The molecule has 1 saturated carbocycles. The van der Waals surface area contributed by atoms with Crippen LogP contribution in [-0.4, -0.2) is 48.0 Å². The highest BCUT2D eigenvalue weighted by Crippen LogP contribution is 2.24. The summed E-state index contributed by atoms with van der Waals surface area (Å²) in [5, 5.41) is 14.3. The van der Waals surface area contributed by atoms with E-state index in [9.17, 15) is 4.79 Å². The first kappa shape index (κ1) is 13.8. The van der Waals surface area contributed by atoms with Crippen LogP contribution in [0.2, 0.25) is 0 Å². The first-order chi connectivity index (χ1) is 7.89. The summed E-state index contributed by atoms with van der Waals surface area (Å²) in [4.78, 5) is 14.1. The van der Waals surface area contributed by atoms with Gasteiger partial charge in [0.1, 0.15) is 5.41 Å². The minimum Gasteiger partial charge on any atom is -0.409 e. The van der Waals surface area contributed by atoms with Crippen molar-refractivity contribution in [2.45, 2.75) is 32.7 Å². The van der Waals surface area contributed by atoms with Gasteiger partial charge in [0.05, 0.1) is 0 Å². The van der Waals surface area contributed by atoms with Crippen LogP contribution in [0.3, 0.4) is 0 Å². The number of oxime groups is 1. The van der Waals surface area contributed by atoms with Crippen LogP contribution in [0.25, 0.3) is 0 Å². The van der Waals surface area contributed by atoms with E-state index in [0.29, 0.717) is 12.6 Å². The van der Waals surface area contributed by atoms with Crippen LogP contribution in [0.4, 0.5) is 0 Å². The molecular formula is C11H22N4O2. The molecule has 1 aliphatic carbocycles. The second kappa shape index (κ2) is 5.35. The largest absolute Gasteiger partial charge is 0.409 e. The van der Waals surface area contributed by atoms with Gasteiger partial charge in [-0.1, -0.05) is 5.16 Å². The molecule has 6 heteroatoms. The Bertz CT molecular complexity index is 311. The predicted molar refractivity (Wildman–Crippen MR) is 65.9 cm³/mol. The first-order valence-corrected chi connectivity index (χ1v) is 5.86. The number of amidine groups is 1. The molecule has 0 unspecified atom stereocenters. The Labute approximate surface area is 102 Å². The molecule has 1 amide bonds. The van der Waals surface area contributed by atoms with Crippen LogP contribution in [0.5, 0.6) is 0 Å². The molecule has 0 aliphatic heterocycles. The van der Waals surface area contributed by atoms with Crippen molar-refractivity contribution < 1.29 is 10.0 Å². The fourth-order valence-electron chi connectivity index (χ4n) is 1.51. The standard InChI is InChI=1S/C11H22N4O2/c1-11(2,9(12)14-17)10(16)13-6-7-15(3)8-4-5-8/h8,17H,4-7H2,1-3H3,(H2,12,14)(H,13,16). The van der Waals surface area contributed by atoms with Crippen molar-refractivity contribution >= 4 is 11.7 Å². The highest BCUT2D eigenvalue weighted by atomic mass is 16.4. The molecule has 6 nitrogen and oxygen atoms in total. The Morgan fingerprint density at radius 1 is 1.59 bits per heavy atom. The summed E-state index contributed by atoms with van der Waals surface area (Å²) in [7, 11) is 2.05. The highest BCUT2D eigenvalue weighted by Gasteiger charge is 2.32. The minimum absolute atomic E-state index is 0.0782. The van der Waals surface area contributed by atoms with Gasteiger partial charge in [-0.05, 0) is 33.7 Å². The molecule has 0 bridgehead atoms. The van der Waals surface area contributed by atoms with Crippen LogP contribution in [0, 0.1) is 5.41 Å². The molecule has 4 N–H and O–H groups in total. The van der Waals surface area contributed by atoms with E-state index in [4.69, 9.17) is 10.9 Å². The zero-order chi connectivity index (χ0) is 13.1. The Hall–Kier alpha value is -1.30. The molecule has 0 heterocycles. The van der Waals surface area contributed by atoms with Crippen molar-refractivity contribution in [3.63, 3.8) is 0 Å². The van der Waals surface area contributed by atoms with Crippen LogP contribution < -0.4 is 11.1 Å². The molecule has 98 valence electrons. The molecule has 0 spiro atoms. The SMILES string of the molecule is CN(CCNC(=O)C(C)(C)C(N)=NO)C1CC1. The van der Waals surface area contributed by atoms with E-state index < -0.39 is 5.41 Å². The van der Waals surface area contributed by atoms with Gasteiger partial charge in [0.25, 0.3) is 0 Å². The number of amides is 1. The molecule has 1 fully saturated rings. The van der Waals surface area contributed by atoms with E-state index in [-0.39, 0.29) is 11.7 Å². The van der Waals surface area contributed by atoms with Gasteiger partial charge in [-0.25, -0.2) is 0 Å². The van der Waals surface area contributed by atoms with E-state index in [1.54, 1.807) is 13.8 Å². The van der Waals surface area contributed by atoms with Crippen LogP contribution in [0.15, 0.2) is 5.16 Å². The van der Waals surface area contributed by atoms with Crippen molar-refractivity contribution in [1.29, 1.82) is 0 Å². The number of carbonyl (C=O) groups excluding carboxylic acids is 1. The summed E-state index contributed by atoms with van der Waals surface area (Å²) < 4.78 is 0. The molecule has 0 aromatic rings. The van der Waals surface area contributed by atoms with Crippen molar-refractivity contribution in [2.24, 2.45) is 16.3 Å². The number of carbonyl (C=O) groups is 1. The van der Waals surface area contributed by atoms with E-state index in [1.165, 1.54) is 12.8 Å². The number of nitrogens with zero attached hydrogens (tertiary/aromatic N) is 2. The number of nitrogens with two attached hydrogens (primary N) is 1. The summed E-state index contributed by atoms with van der Waals surface area (Å²) in [6, 6.07) is 0.684. The number of rotatable bonds is 6. The quantitative estimate of drug-likeness (QED) is 0.264. The summed E-state index contributed by atoms with van der Waals surface area (Å²) >= 11 is 0. The monoisotopic (exact) mass is 242 g/mol. The van der Waals surface area contributed by atoms with Crippen LogP contribution >= 0.6 is 0 Å². The molecule has 0 saturated heterocycles. The van der Waals surface area contributed by atoms with E-state index >= 15 is 0 Å². The average molecular weight is 242 g/mol. The van der Waals surface area contributed by atoms with Gasteiger partial charge >= 0.3 is 0 Å². The van der Waals surface area contributed by atoms with Gasteiger partial charge < -0.3 is 21.2 Å². The lowest BCUT2D eigenvalue weighted by Gasteiger charge is -2.23. The molecular weight excluding hydrogens is 220 g/mol. The number of nitrogens with one attached hydrogen (secondary N) is 1. The van der Waals surface area contributed by atoms with Gasteiger partial charge in [0, 0.05) is 19.1 Å². The molecule has 0 aromatic heterocycles. The molecule has 1 aliphatic rings. The predicted octanol–water partition coefficient (Wildman–Crippen LogP) is -0.0306. The first-order valence-electron chi connectivity index (χ1n) is 5.86. The zero-order valence-corrected chi connectivity index (χ0v) is 10.7. The lowest BCUT2D eigenvalue weighted by atomic mass is 9.91. The van der Waals surface area contributed by atoms with Crippen LogP contribution in [-0.2, 0) is 4.79 Å². The number of likely N-dealkylation sites (N-methyl/N-ethyl adjacent to an activating group) is 1. The van der Waals surface area contributed by atoms with Gasteiger partial charge in [-0.3, -0.25) is 4.79 Å². The van der Waals surface area contributed by atoms with Crippen molar-refractivity contribution in [3.05, 3.63) is 0 Å². The Balaban J connectivity index is 2.33. The average Bonchev–Trinajstić information content (AvgIpc) is 3.11. The summed E-state index contributed by atoms with van der Waals surface area (Å²) in [6.45, 7) is 4.65. The number of hydrogen-bond donors (Lipinski definition) is 3. The molecule has 0 aromatic carbocycles. The molecule has 0 radical (unpaired) electrons. The van der Waals surface area contributed by atoms with E-state index in [0.717, 1.165) is 6.54 Å². The minimum atomic E-state index is -0.979. The van der Waals surface area contributed by atoms with Gasteiger partial charge in [0.2, 0.25) is 5.91 Å². The highest BCUT2D eigenvalue weighted by molar-refractivity contribution is 6.05. The lowest BCUT2D eigenvalue weighted by molar-refractivity contribution is -0.126. The van der Waals surface area contributed by atoms with E-state index in [2.05, 4.69) is 22.4 Å². The fourth-order valence-corrected chi connectivity index (χ4v) is 1.51. The van der Waals surface area contributed by atoms with Gasteiger partial charge in [0.15, 0.2) is 5.84 Å². The maximum atomic E-state index is 11.8. The summed E-state index contributed by atoms with van der Waals surface area (Å²) in [5.41, 5.74) is 4.49. The molecule has 17 heavy (non-hydrogen) atoms. The second-order valence-corrected chi connectivity index (χ2v) is 5.08. The molecule has 0 atom stereocenters. The Kier molecular flexibility index (Phi) is 4.34. The topological polar surface area (TPSA) is 91.0 Å². The van der Waals surface area contributed by atoms with Crippen molar-refractivity contribution in [3.8, 4) is 0 Å². The normalized spacial score (nSPS) is 17.3. The second-order valence-electron chi connectivity index (χ2n) is 5.08. The maximum absolute atomic E-state index is 11.8. The lowest BCUT2D eigenvalue weighted by Crippen LogP contribution is -2.47. The third-order valence-corrected chi connectivity index (χ3v) is 3.24. The van der Waals surface area contributed by atoms with E-state index in [1.807, 2.05) is 0 Å². The maximum Gasteiger partial charge on any atom is 0.233 e. The zero-order valence-electron chi connectivity index (χ0n) is 10.7. The smallest absolute Gasteiger partial charge is 0.233 e. The van der Waals surface area contributed by atoms with Gasteiger partial charge in [-0.15, -0.1) is 0 Å².